The van der Waals surface area contributed by atoms with Crippen molar-refractivity contribution in [2.24, 2.45) is 0 Å². The zero-order valence-corrected chi connectivity index (χ0v) is 10.00. The van der Waals surface area contributed by atoms with Gasteiger partial charge in [0, 0.05) is 21.1 Å². The Labute approximate surface area is 98.6 Å². The number of amides is 1. The number of hydrogen-bond donors (Lipinski definition) is 1. The Morgan fingerprint density at radius 1 is 1.29 bits per heavy atom. The maximum Gasteiger partial charge on any atom is 0.241 e. The first-order valence-electron chi connectivity index (χ1n) is 4.99. The molecule has 0 saturated carbocycles. The summed E-state index contributed by atoms with van der Waals surface area (Å²) in [6.07, 6.45) is 0. The molecule has 1 rings (SSSR count). The molecule has 0 saturated heterocycles. The van der Waals surface area contributed by atoms with Crippen molar-refractivity contribution in [2.75, 3.05) is 38.3 Å². The maximum absolute atomic E-state index is 13.5. The number of carbonyl (C=O) groups is 1. The van der Waals surface area contributed by atoms with Gasteiger partial charge < -0.3 is 15.5 Å². The first-order valence-corrected chi connectivity index (χ1v) is 4.99. The lowest BCUT2D eigenvalue weighted by atomic mass is 10.2. The van der Waals surface area contributed by atoms with Crippen LogP contribution in [0.25, 0.3) is 0 Å². The highest BCUT2D eigenvalue weighted by molar-refractivity contribution is 5.82. The van der Waals surface area contributed by atoms with Gasteiger partial charge in [-0.25, -0.2) is 8.78 Å². The van der Waals surface area contributed by atoms with Crippen LogP contribution >= 0.6 is 0 Å². The Kier molecular flexibility index (Phi) is 3.88. The van der Waals surface area contributed by atoms with Crippen LogP contribution in [0, 0.1) is 11.6 Å². The molecule has 1 aromatic rings. The molecule has 6 heteroatoms. The number of likely N-dealkylation sites (N-methyl/N-ethyl adjacent to an activating group) is 2. The van der Waals surface area contributed by atoms with E-state index in [0.29, 0.717) is 0 Å². The average Bonchev–Trinajstić information content (AvgIpc) is 2.24. The molecule has 0 radical (unpaired) electrons. The third-order valence-corrected chi connectivity index (χ3v) is 2.35. The van der Waals surface area contributed by atoms with Gasteiger partial charge in [-0.1, -0.05) is 0 Å². The number of carbonyl (C=O) groups excluding carboxylic acids is 1. The van der Waals surface area contributed by atoms with Gasteiger partial charge in [0.1, 0.15) is 0 Å². The zero-order valence-electron chi connectivity index (χ0n) is 10.00. The predicted octanol–water partition coefficient (Wildman–Crippen LogP) is 1.07. The number of nitrogens with zero attached hydrogens (tertiary/aromatic N) is 2. The fourth-order valence-electron chi connectivity index (χ4n) is 1.37. The number of nitrogen functional groups attached to an aromatic ring is 1. The molecule has 4 nitrogen and oxygen atoms in total. The number of hydrogen-bond acceptors (Lipinski definition) is 3. The Hall–Kier alpha value is -1.85. The normalized spacial score (nSPS) is 10.2. The molecule has 17 heavy (non-hydrogen) atoms. The monoisotopic (exact) mass is 243 g/mol. The molecule has 94 valence electrons. The van der Waals surface area contributed by atoms with Crippen molar-refractivity contribution in [3.63, 3.8) is 0 Å². The van der Waals surface area contributed by atoms with E-state index in [9.17, 15) is 13.6 Å². The van der Waals surface area contributed by atoms with Crippen LogP contribution in [0.4, 0.5) is 20.2 Å². The third-order valence-electron chi connectivity index (χ3n) is 2.35. The van der Waals surface area contributed by atoms with Gasteiger partial charge in [0.2, 0.25) is 5.91 Å². The quantitative estimate of drug-likeness (QED) is 0.808. The maximum atomic E-state index is 13.5. The van der Waals surface area contributed by atoms with Crippen molar-refractivity contribution in [2.45, 2.75) is 0 Å². The third kappa shape index (κ3) is 2.83. The molecule has 0 aliphatic carbocycles. The molecular weight excluding hydrogens is 228 g/mol. The molecule has 0 heterocycles. The molecule has 0 aliphatic rings. The van der Waals surface area contributed by atoms with Crippen LogP contribution in [0.15, 0.2) is 12.1 Å². The summed E-state index contributed by atoms with van der Waals surface area (Å²) in [6, 6.07) is 2.22. The van der Waals surface area contributed by atoms with Gasteiger partial charge in [-0.2, -0.15) is 0 Å². The van der Waals surface area contributed by atoms with E-state index in [4.69, 9.17) is 5.73 Å². The topological polar surface area (TPSA) is 49.6 Å². The fraction of sp³-hybridized carbons (Fsp3) is 0.364. The molecule has 0 atom stereocenters. The smallest absolute Gasteiger partial charge is 0.241 e. The molecule has 0 aromatic heterocycles. The van der Waals surface area contributed by atoms with Gasteiger partial charge in [-0.05, 0) is 12.1 Å². The van der Waals surface area contributed by atoms with E-state index in [1.807, 2.05) is 0 Å². The summed E-state index contributed by atoms with van der Waals surface area (Å²) >= 11 is 0. The molecule has 0 unspecified atom stereocenters. The van der Waals surface area contributed by atoms with Gasteiger partial charge in [0.25, 0.3) is 0 Å². The predicted molar refractivity (Wildman–Crippen MR) is 62.7 cm³/mol. The molecular formula is C11H15F2N3O. The number of rotatable bonds is 3. The van der Waals surface area contributed by atoms with Crippen molar-refractivity contribution < 1.29 is 13.6 Å². The summed E-state index contributed by atoms with van der Waals surface area (Å²) in [5.41, 5.74) is 5.57. The molecule has 0 fully saturated rings. The number of benzene rings is 1. The number of anilines is 2. The lowest BCUT2D eigenvalue weighted by Crippen LogP contribution is -2.35. The summed E-state index contributed by atoms with van der Waals surface area (Å²) in [6.45, 7) is -0.0719. The van der Waals surface area contributed by atoms with E-state index in [1.165, 1.54) is 22.9 Å². The Morgan fingerprint density at radius 3 is 2.41 bits per heavy atom. The van der Waals surface area contributed by atoms with Gasteiger partial charge in [0.15, 0.2) is 11.6 Å². The molecule has 0 bridgehead atoms. The Balaban J connectivity index is 3.00. The van der Waals surface area contributed by atoms with E-state index in [0.717, 1.165) is 6.07 Å². The van der Waals surface area contributed by atoms with Gasteiger partial charge in [-0.15, -0.1) is 0 Å². The molecule has 0 spiro atoms. The van der Waals surface area contributed by atoms with Crippen LogP contribution in [0.5, 0.6) is 0 Å². The summed E-state index contributed by atoms with van der Waals surface area (Å²) < 4.78 is 26.6. The van der Waals surface area contributed by atoms with E-state index in [-0.39, 0.29) is 23.8 Å². The van der Waals surface area contributed by atoms with Gasteiger partial charge in [-0.3, -0.25) is 4.79 Å². The van der Waals surface area contributed by atoms with E-state index in [2.05, 4.69) is 0 Å². The van der Waals surface area contributed by atoms with Crippen LogP contribution in [0.2, 0.25) is 0 Å². The minimum absolute atomic E-state index is 0.0719. The Morgan fingerprint density at radius 2 is 1.88 bits per heavy atom. The lowest BCUT2D eigenvalue weighted by Gasteiger charge is -2.22. The number of nitrogens with two attached hydrogens (primary N) is 1. The van der Waals surface area contributed by atoms with Crippen LogP contribution in [0.3, 0.4) is 0 Å². The second-order valence-electron chi connectivity index (χ2n) is 3.94. The van der Waals surface area contributed by atoms with Crippen LogP contribution in [0.1, 0.15) is 0 Å². The summed E-state index contributed by atoms with van der Waals surface area (Å²) in [5.74, 6) is -2.26. The van der Waals surface area contributed by atoms with E-state index >= 15 is 0 Å². The van der Waals surface area contributed by atoms with Crippen LogP contribution in [-0.4, -0.2) is 38.5 Å². The highest BCUT2D eigenvalue weighted by Gasteiger charge is 2.18. The molecule has 2 N–H and O–H groups in total. The van der Waals surface area contributed by atoms with Gasteiger partial charge >= 0.3 is 0 Å². The second kappa shape index (κ2) is 4.99. The molecule has 1 amide bonds. The second-order valence-corrected chi connectivity index (χ2v) is 3.94. The number of halogens is 2. The standard InChI is InChI=1S/C11H15F2N3O/c1-15(2)9(17)6-16(3)11-8(14)5-4-7(12)10(11)13/h4-5H,6,14H2,1-3H3. The lowest BCUT2D eigenvalue weighted by molar-refractivity contribution is -0.127. The summed E-state index contributed by atoms with van der Waals surface area (Å²) in [4.78, 5) is 14.1. The van der Waals surface area contributed by atoms with Crippen LogP contribution in [-0.2, 0) is 4.79 Å². The molecule has 1 aromatic carbocycles. The van der Waals surface area contributed by atoms with E-state index < -0.39 is 11.6 Å². The summed E-state index contributed by atoms with van der Waals surface area (Å²) in [7, 11) is 4.65. The van der Waals surface area contributed by atoms with Crippen molar-refractivity contribution in [3.05, 3.63) is 23.8 Å². The SMILES string of the molecule is CN(C)C(=O)CN(C)c1c(N)ccc(F)c1F. The molecule has 0 aliphatic heterocycles. The minimum Gasteiger partial charge on any atom is -0.397 e. The van der Waals surface area contributed by atoms with Crippen LogP contribution < -0.4 is 10.6 Å². The summed E-state index contributed by atoms with van der Waals surface area (Å²) in [5, 5.41) is 0. The van der Waals surface area contributed by atoms with Gasteiger partial charge in [0.05, 0.1) is 17.9 Å². The Bertz CT molecular complexity index is 435. The van der Waals surface area contributed by atoms with E-state index in [1.54, 1.807) is 14.1 Å². The first-order chi connectivity index (χ1) is 7.84. The minimum atomic E-state index is -1.04. The van der Waals surface area contributed by atoms with Crippen molar-refractivity contribution >= 4 is 17.3 Å². The first kappa shape index (κ1) is 13.2. The highest BCUT2D eigenvalue weighted by atomic mass is 19.2. The highest BCUT2D eigenvalue weighted by Crippen LogP contribution is 2.27. The fourth-order valence-corrected chi connectivity index (χ4v) is 1.37. The zero-order chi connectivity index (χ0) is 13.2. The average molecular weight is 243 g/mol. The van der Waals surface area contributed by atoms with Crippen molar-refractivity contribution in [3.8, 4) is 0 Å². The van der Waals surface area contributed by atoms with Crippen molar-refractivity contribution in [1.29, 1.82) is 0 Å². The van der Waals surface area contributed by atoms with Crippen molar-refractivity contribution in [1.82, 2.24) is 4.90 Å². The largest absolute Gasteiger partial charge is 0.397 e.